The normalized spacial score (nSPS) is 14.7. The number of nitrogens with one attached hydrogen (secondary N) is 1. The fourth-order valence-electron chi connectivity index (χ4n) is 1.45. The van der Waals surface area contributed by atoms with Gasteiger partial charge in [-0.05, 0) is 25.1 Å². The van der Waals surface area contributed by atoms with Gasteiger partial charge in [0, 0.05) is 40.1 Å². The maximum absolute atomic E-state index is 12.6. The van der Waals surface area contributed by atoms with Crippen LogP contribution in [0.2, 0.25) is 0 Å². The number of rotatable bonds is 5. The zero-order valence-corrected chi connectivity index (χ0v) is 12.6. The Bertz CT molecular complexity index is 532. The summed E-state index contributed by atoms with van der Waals surface area (Å²) in [6, 6.07) is 3.15. The third-order valence-corrected chi connectivity index (χ3v) is 4.28. The first-order valence-corrected chi connectivity index (χ1v) is 7.73. The summed E-state index contributed by atoms with van der Waals surface area (Å²) in [5.41, 5.74) is 5.18. The van der Waals surface area contributed by atoms with Gasteiger partial charge in [0.15, 0.2) is 0 Å². The van der Waals surface area contributed by atoms with Gasteiger partial charge in [0.25, 0.3) is 0 Å². The van der Waals surface area contributed by atoms with E-state index in [4.69, 9.17) is 18.0 Å². The van der Waals surface area contributed by atoms with Gasteiger partial charge in [-0.25, -0.2) is 0 Å². The minimum atomic E-state index is -4.45. The first-order chi connectivity index (χ1) is 9.12. The number of alkyl halides is 3. The van der Waals surface area contributed by atoms with Crippen molar-refractivity contribution in [1.82, 2.24) is 0 Å². The molecule has 0 aliphatic heterocycles. The molecule has 20 heavy (non-hydrogen) atoms. The average Bonchev–Trinajstić information content (AvgIpc) is 2.34. The molecule has 3 nitrogen and oxygen atoms in total. The molecule has 1 rings (SSSR count). The van der Waals surface area contributed by atoms with Crippen LogP contribution < -0.4 is 11.1 Å². The van der Waals surface area contributed by atoms with Crippen molar-refractivity contribution in [1.29, 1.82) is 0 Å². The Morgan fingerprint density at radius 2 is 2.10 bits per heavy atom. The first kappa shape index (κ1) is 16.9. The monoisotopic (exact) mass is 324 g/mol. The van der Waals surface area contributed by atoms with Crippen LogP contribution in [-0.4, -0.2) is 27.2 Å². The lowest BCUT2D eigenvalue weighted by Crippen LogP contribution is -2.23. The summed E-state index contributed by atoms with van der Waals surface area (Å²) in [7, 11) is -1.03. The molecule has 0 saturated carbocycles. The van der Waals surface area contributed by atoms with Gasteiger partial charge in [-0.1, -0.05) is 12.2 Å². The Labute approximate surface area is 123 Å². The second kappa shape index (κ2) is 6.53. The number of hydrogen-bond acceptors (Lipinski definition) is 3. The van der Waals surface area contributed by atoms with Crippen LogP contribution in [0.4, 0.5) is 18.9 Å². The molecule has 112 valence electrons. The molecule has 1 aromatic rings. The molecule has 1 aromatic carbocycles. The molecule has 2 unspecified atom stereocenters. The highest BCUT2D eigenvalue weighted by Gasteiger charge is 2.31. The predicted octanol–water partition coefficient (Wildman–Crippen LogP) is 2.52. The average molecular weight is 324 g/mol. The summed E-state index contributed by atoms with van der Waals surface area (Å²) in [4.78, 5) is -0.121. The van der Waals surface area contributed by atoms with Gasteiger partial charge in [-0.3, -0.25) is 4.21 Å². The van der Waals surface area contributed by atoms with E-state index in [1.807, 2.05) is 0 Å². The second-order valence-corrected chi connectivity index (χ2v) is 6.55. The summed E-state index contributed by atoms with van der Waals surface area (Å²) < 4.78 is 49.2. The van der Waals surface area contributed by atoms with Gasteiger partial charge in [0.05, 0.1) is 5.56 Å². The third-order valence-electron chi connectivity index (χ3n) is 2.76. The number of thiocarbonyl (C=S) groups is 1. The molecule has 0 aromatic heterocycles. The minimum Gasteiger partial charge on any atom is -0.389 e. The van der Waals surface area contributed by atoms with Gasteiger partial charge >= 0.3 is 6.18 Å². The van der Waals surface area contributed by atoms with E-state index in [-0.39, 0.29) is 15.8 Å². The molecule has 2 atom stereocenters. The van der Waals surface area contributed by atoms with Crippen molar-refractivity contribution in [3.8, 4) is 0 Å². The van der Waals surface area contributed by atoms with Crippen molar-refractivity contribution in [2.45, 2.75) is 18.3 Å². The molecule has 0 heterocycles. The fraction of sp³-hybridized carbons (Fsp3) is 0.417. The SMILES string of the molecule is CC(CNc1ccc(C(F)(F)F)cc1C(N)=S)S(C)=O. The van der Waals surface area contributed by atoms with Crippen molar-refractivity contribution in [2.24, 2.45) is 5.73 Å². The zero-order valence-electron chi connectivity index (χ0n) is 11.0. The standard InChI is InChI=1S/C12H15F3N2OS2/c1-7(20(2)18)6-17-10-4-3-8(12(13,14)15)5-9(10)11(16)19/h3-5,7,17H,6H2,1-2H3,(H2,16,19). The number of anilines is 1. The smallest absolute Gasteiger partial charge is 0.389 e. The molecular formula is C12H15F3N2OS2. The molecule has 0 amide bonds. The Hall–Kier alpha value is -1.15. The van der Waals surface area contributed by atoms with E-state index in [1.165, 1.54) is 6.07 Å². The molecule has 0 aliphatic carbocycles. The van der Waals surface area contributed by atoms with Gasteiger partial charge < -0.3 is 11.1 Å². The van der Waals surface area contributed by atoms with Crippen LogP contribution in [0, 0.1) is 0 Å². The summed E-state index contributed by atoms with van der Waals surface area (Å²) >= 11 is 4.77. The van der Waals surface area contributed by atoms with Gasteiger partial charge in [-0.15, -0.1) is 0 Å². The highest BCUT2D eigenvalue weighted by molar-refractivity contribution is 7.84. The molecule has 8 heteroatoms. The summed E-state index contributed by atoms with van der Waals surface area (Å²) in [6.07, 6.45) is -2.89. The van der Waals surface area contributed by atoms with Gasteiger partial charge in [0.2, 0.25) is 0 Å². The van der Waals surface area contributed by atoms with Crippen LogP contribution in [0.3, 0.4) is 0 Å². The molecular weight excluding hydrogens is 309 g/mol. The Morgan fingerprint density at radius 3 is 2.55 bits per heavy atom. The van der Waals surface area contributed by atoms with E-state index >= 15 is 0 Å². The molecule has 0 saturated heterocycles. The molecule has 0 aliphatic rings. The maximum Gasteiger partial charge on any atom is 0.416 e. The minimum absolute atomic E-state index is 0.121. The van der Waals surface area contributed by atoms with E-state index in [1.54, 1.807) is 13.2 Å². The van der Waals surface area contributed by atoms with Crippen LogP contribution in [0.25, 0.3) is 0 Å². The summed E-state index contributed by atoms with van der Waals surface area (Å²) in [5.74, 6) is 0. The second-order valence-electron chi connectivity index (χ2n) is 4.31. The zero-order chi connectivity index (χ0) is 15.5. The molecule has 0 bridgehead atoms. The fourth-order valence-corrected chi connectivity index (χ4v) is 1.94. The van der Waals surface area contributed by atoms with Crippen molar-refractivity contribution in [3.63, 3.8) is 0 Å². The van der Waals surface area contributed by atoms with E-state index in [2.05, 4.69) is 5.32 Å². The molecule has 0 spiro atoms. The van der Waals surface area contributed by atoms with Crippen LogP contribution in [0.1, 0.15) is 18.1 Å². The summed E-state index contributed by atoms with van der Waals surface area (Å²) in [6.45, 7) is 2.12. The number of nitrogens with two attached hydrogens (primary N) is 1. The van der Waals surface area contributed by atoms with Crippen molar-refractivity contribution in [2.75, 3.05) is 18.1 Å². The lowest BCUT2D eigenvalue weighted by molar-refractivity contribution is -0.137. The van der Waals surface area contributed by atoms with E-state index < -0.39 is 22.5 Å². The Morgan fingerprint density at radius 1 is 1.50 bits per heavy atom. The van der Waals surface area contributed by atoms with E-state index in [0.29, 0.717) is 12.2 Å². The highest BCUT2D eigenvalue weighted by atomic mass is 32.2. The van der Waals surface area contributed by atoms with Gasteiger partial charge in [-0.2, -0.15) is 13.2 Å². The Kier molecular flexibility index (Phi) is 5.52. The molecule has 0 fully saturated rings. The third kappa shape index (κ3) is 4.45. The molecule has 0 radical (unpaired) electrons. The number of benzene rings is 1. The largest absolute Gasteiger partial charge is 0.416 e. The van der Waals surface area contributed by atoms with Crippen LogP contribution >= 0.6 is 12.2 Å². The maximum atomic E-state index is 12.6. The highest BCUT2D eigenvalue weighted by Crippen LogP contribution is 2.31. The summed E-state index contributed by atoms with van der Waals surface area (Å²) in [5, 5.41) is 2.78. The lowest BCUT2D eigenvalue weighted by atomic mass is 10.1. The van der Waals surface area contributed by atoms with Crippen molar-refractivity contribution < 1.29 is 17.4 Å². The van der Waals surface area contributed by atoms with Crippen LogP contribution in [-0.2, 0) is 17.0 Å². The number of hydrogen-bond donors (Lipinski definition) is 2. The van der Waals surface area contributed by atoms with Crippen molar-refractivity contribution in [3.05, 3.63) is 29.3 Å². The Balaban J connectivity index is 3.02. The van der Waals surface area contributed by atoms with E-state index in [9.17, 15) is 17.4 Å². The van der Waals surface area contributed by atoms with Crippen molar-refractivity contribution >= 4 is 33.7 Å². The van der Waals surface area contributed by atoms with Gasteiger partial charge in [0.1, 0.15) is 4.99 Å². The molecule has 3 N–H and O–H groups in total. The lowest BCUT2D eigenvalue weighted by Gasteiger charge is -2.16. The van der Waals surface area contributed by atoms with E-state index in [0.717, 1.165) is 12.1 Å². The predicted molar refractivity (Wildman–Crippen MR) is 79.3 cm³/mol. The van der Waals surface area contributed by atoms with Crippen LogP contribution in [0.5, 0.6) is 0 Å². The topological polar surface area (TPSA) is 55.1 Å². The van der Waals surface area contributed by atoms with Crippen LogP contribution in [0.15, 0.2) is 18.2 Å². The quantitative estimate of drug-likeness (QED) is 0.817. The number of halogens is 3. The first-order valence-electron chi connectivity index (χ1n) is 5.70.